The highest BCUT2D eigenvalue weighted by Crippen LogP contribution is 2.29. The third-order valence-corrected chi connectivity index (χ3v) is 7.14. The summed E-state index contributed by atoms with van der Waals surface area (Å²) in [4.78, 5) is 29.8. The molecule has 2 aromatic rings. The quantitative estimate of drug-likeness (QED) is 0.702. The smallest absolute Gasteiger partial charge is 0.255 e. The minimum Gasteiger partial charge on any atom is -0.337 e. The standard InChI is InChI=1S/C27H34FN3O2/c1-18-8-10-21(11-9-18)26(32)29-25-15-24(28)14-23(20(25)3)17-30-12-13-31(19(2)16-30)27(33)22-6-4-5-7-22/h8-11,14-15,19,22H,4-7,12-13,16-17H2,1-3H3,(H,29,32). The Hall–Kier alpha value is -2.73. The van der Waals surface area contributed by atoms with Crippen molar-refractivity contribution in [1.82, 2.24) is 9.80 Å². The average Bonchev–Trinajstić information content (AvgIpc) is 3.32. The van der Waals surface area contributed by atoms with E-state index >= 15 is 0 Å². The van der Waals surface area contributed by atoms with Gasteiger partial charge in [0.15, 0.2) is 0 Å². The van der Waals surface area contributed by atoms with Crippen LogP contribution in [0.25, 0.3) is 0 Å². The number of amides is 2. The summed E-state index contributed by atoms with van der Waals surface area (Å²) in [6, 6.07) is 10.4. The Labute approximate surface area is 196 Å². The highest BCUT2D eigenvalue weighted by molar-refractivity contribution is 6.04. The second-order valence-electron chi connectivity index (χ2n) is 9.65. The molecule has 0 radical (unpaired) electrons. The van der Waals surface area contributed by atoms with E-state index in [2.05, 4.69) is 17.1 Å². The molecule has 0 bridgehead atoms. The van der Waals surface area contributed by atoms with Gasteiger partial charge in [-0.25, -0.2) is 4.39 Å². The van der Waals surface area contributed by atoms with Crippen LogP contribution < -0.4 is 5.32 Å². The van der Waals surface area contributed by atoms with Crippen molar-refractivity contribution < 1.29 is 14.0 Å². The van der Waals surface area contributed by atoms with Gasteiger partial charge in [0.1, 0.15) is 5.82 Å². The van der Waals surface area contributed by atoms with Crippen LogP contribution in [0, 0.1) is 25.6 Å². The molecule has 0 aromatic heterocycles. The third-order valence-electron chi connectivity index (χ3n) is 7.14. The summed E-state index contributed by atoms with van der Waals surface area (Å²) >= 11 is 0. The molecular weight excluding hydrogens is 417 g/mol. The average molecular weight is 452 g/mol. The molecule has 176 valence electrons. The Morgan fingerprint density at radius 2 is 1.76 bits per heavy atom. The second-order valence-corrected chi connectivity index (χ2v) is 9.65. The van der Waals surface area contributed by atoms with Crippen molar-refractivity contribution in [2.24, 2.45) is 5.92 Å². The van der Waals surface area contributed by atoms with Crippen molar-refractivity contribution in [1.29, 1.82) is 0 Å². The molecule has 2 aliphatic rings. The van der Waals surface area contributed by atoms with Crippen LogP contribution in [0.3, 0.4) is 0 Å². The molecule has 5 nitrogen and oxygen atoms in total. The molecule has 2 amide bonds. The van der Waals surface area contributed by atoms with Crippen molar-refractivity contribution in [3.8, 4) is 0 Å². The Balaban J connectivity index is 1.42. The van der Waals surface area contributed by atoms with E-state index in [0.29, 0.717) is 30.2 Å². The fourth-order valence-electron chi connectivity index (χ4n) is 5.08. The minimum atomic E-state index is -0.363. The molecule has 1 saturated heterocycles. The fourth-order valence-corrected chi connectivity index (χ4v) is 5.08. The van der Waals surface area contributed by atoms with Gasteiger partial charge in [0, 0.05) is 49.4 Å². The number of hydrogen-bond acceptors (Lipinski definition) is 3. The zero-order chi connectivity index (χ0) is 23.5. The lowest BCUT2D eigenvalue weighted by Gasteiger charge is -2.41. The van der Waals surface area contributed by atoms with Gasteiger partial charge in [-0.3, -0.25) is 14.5 Å². The minimum absolute atomic E-state index is 0.140. The molecule has 6 heteroatoms. The second kappa shape index (κ2) is 10.0. The Morgan fingerprint density at radius 1 is 1.06 bits per heavy atom. The van der Waals surface area contributed by atoms with E-state index in [1.54, 1.807) is 18.2 Å². The molecule has 33 heavy (non-hydrogen) atoms. The van der Waals surface area contributed by atoms with Gasteiger partial charge in [0.05, 0.1) is 0 Å². The molecule has 0 spiro atoms. The molecule has 1 saturated carbocycles. The fraction of sp³-hybridized carbons (Fsp3) is 0.481. The van der Waals surface area contributed by atoms with Gasteiger partial charge in [-0.05, 0) is 69.0 Å². The van der Waals surface area contributed by atoms with Crippen molar-refractivity contribution >= 4 is 17.5 Å². The summed E-state index contributed by atoms with van der Waals surface area (Å²) in [7, 11) is 0. The third kappa shape index (κ3) is 5.44. The number of carbonyl (C=O) groups excluding carboxylic acids is 2. The molecule has 1 heterocycles. The first-order valence-corrected chi connectivity index (χ1v) is 12.0. The predicted octanol–water partition coefficient (Wildman–Crippen LogP) is 4.92. The molecular formula is C27H34FN3O2. The summed E-state index contributed by atoms with van der Waals surface area (Å²) < 4.78 is 14.5. The van der Waals surface area contributed by atoms with Gasteiger partial charge in [0.2, 0.25) is 5.91 Å². The number of piperazine rings is 1. The maximum atomic E-state index is 14.5. The Bertz CT molecular complexity index is 1010. The maximum Gasteiger partial charge on any atom is 0.255 e. The summed E-state index contributed by atoms with van der Waals surface area (Å²) in [5.41, 5.74) is 3.85. The number of anilines is 1. The SMILES string of the molecule is Cc1ccc(C(=O)Nc2cc(F)cc(CN3CCN(C(=O)C4CCCC4)C(C)C3)c2C)cc1. The van der Waals surface area contributed by atoms with Gasteiger partial charge >= 0.3 is 0 Å². The molecule has 1 atom stereocenters. The van der Waals surface area contributed by atoms with Crippen LogP contribution in [-0.4, -0.2) is 47.3 Å². The molecule has 2 fully saturated rings. The first kappa shape index (κ1) is 23.4. The first-order valence-electron chi connectivity index (χ1n) is 12.0. The van der Waals surface area contributed by atoms with Crippen molar-refractivity contribution in [3.63, 3.8) is 0 Å². The highest BCUT2D eigenvalue weighted by Gasteiger charge is 2.33. The topological polar surface area (TPSA) is 52.7 Å². The van der Waals surface area contributed by atoms with E-state index in [1.807, 2.05) is 30.9 Å². The van der Waals surface area contributed by atoms with Crippen LogP contribution in [0.2, 0.25) is 0 Å². The first-order chi connectivity index (χ1) is 15.8. The number of benzene rings is 2. The zero-order valence-corrected chi connectivity index (χ0v) is 19.9. The predicted molar refractivity (Wildman–Crippen MR) is 129 cm³/mol. The summed E-state index contributed by atoms with van der Waals surface area (Å²) in [6.07, 6.45) is 4.36. The van der Waals surface area contributed by atoms with E-state index in [9.17, 15) is 14.0 Å². The van der Waals surface area contributed by atoms with Crippen molar-refractivity contribution in [2.45, 2.75) is 59.0 Å². The molecule has 1 N–H and O–H groups in total. The van der Waals surface area contributed by atoms with E-state index < -0.39 is 0 Å². The zero-order valence-electron chi connectivity index (χ0n) is 19.9. The number of rotatable bonds is 5. The van der Waals surface area contributed by atoms with Crippen LogP contribution in [0.15, 0.2) is 36.4 Å². The Kier molecular flexibility index (Phi) is 7.13. The van der Waals surface area contributed by atoms with E-state index in [4.69, 9.17) is 0 Å². The summed E-state index contributed by atoms with van der Waals surface area (Å²) in [5, 5.41) is 2.88. The largest absolute Gasteiger partial charge is 0.337 e. The number of aryl methyl sites for hydroxylation is 1. The monoisotopic (exact) mass is 451 g/mol. The number of hydrogen-bond donors (Lipinski definition) is 1. The van der Waals surface area contributed by atoms with Crippen molar-refractivity contribution in [2.75, 3.05) is 25.0 Å². The van der Waals surface area contributed by atoms with Crippen LogP contribution in [0.5, 0.6) is 0 Å². The molecule has 1 aliphatic heterocycles. The lowest BCUT2D eigenvalue weighted by Crippen LogP contribution is -2.54. The summed E-state index contributed by atoms with van der Waals surface area (Å²) in [5.74, 6) is -0.105. The van der Waals surface area contributed by atoms with Gasteiger partial charge in [-0.1, -0.05) is 30.5 Å². The number of nitrogens with one attached hydrogen (secondary N) is 1. The van der Waals surface area contributed by atoms with Crippen LogP contribution >= 0.6 is 0 Å². The number of carbonyl (C=O) groups is 2. The normalized spacial score (nSPS) is 19.6. The van der Waals surface area contributed by atoms with E-state index in [-0.39, 0.29) is 23.7 Å². The molecule has 4 rings (SSSR count). The number of nitrogens with zero attached hydrogens (tertiary/aromatic N) is 2. The van der Waals surface area contributed by atoms with Gasteiger partial charge < -0.3 is 10.2 Å². The van der Waals surface area contributed by atoms with Crippen LogP contribution in [-0.2, 0) is 11.3 Å². The lowest BCUT2D eigenvalue weighted by molar-refractivity contribution is -0.140. The van der Waals surface area contributed by atoms with Gasteiger partial charge in [-0.2, -0.15) is 0 Å². The maximum absolute atomic E-state index is 14.5. The molecule has 1 aliphatic carbocycles. The summed E-state index contributed by atoms with van der Waals surface area (Å²) in [6.45, 7) is 8.82. The Morgan fingerprint density at radius 3 is 2.42 bits per heavy atom. The highest BCUT2D eigenvalue weighted by atomic mass is 19.1. The van der Waals surface area contributed by atoms with E-state index in [0.717, 1.165) is 55.5 Å². The van der Waals surface area contributed by atoms with Crippen LogP contribution in [0.1, 0.15) is 59.7 Å². The van der Waals surface area contributed by atoms with Crippen molar-refractivity contribution in [3.05, 3.63) is 64.5 Å². The van der Waals surface area contributed by atoms with Gasteiger partial charge in [0.25, 0.3) is 5.91 Å². The van der Waals surface area contributed by atoms with E-state index in [1.165, 1.54) is 6.07 Å². The van der Waals surface area contributed by atoms with Crippen LogP contribution in [0.4, 0.5) is 10.1 Å². The molecule has 2 aromatic carbocycles. The lowest BCUT2D eigenvalue weighted by atomic mass is 10.0. The van der Waals surface area contributed by atoms with Gasteiger partial charge in [-0.15, -0.1) is 0 Å². The number of halogens is 1. The molecule has 1 unspecified atom stereocenters.